The zero-order valence-electron chi connectivity index (χ0n) is 15.5. The van der Waals surface area contributed by atoms with Crippen molar-refractivity contribution in [2.24, 2.45) is 0 Å². The molecule has 0 fully saturated rings. The number of rotatable bonds is 8. The molecule has 2 amide bonds. The molecule has 138 valence electrons. The molecule has 5 nitrogen and oxygen atoms in total. The number of hydrogen-bond acceptors (Lipinski definition) is 3. The van der Waals surface area contributed by atoms with Crippen LogP contribution in [0.25, 0.3) is 0 Å². The molecular formula is C21H26N2O3. The third-order valence-electron chi connectivity index (χ3n) is 4.25. The summed E-state index contributed by atoms with van der Waals surface area (Å²) >= 11 is 0. The lowest BCUT2D eigenvalue weighted by molar-refractivity contribution is -0.116. The van der Waals surface area contributed by atoms with Crippen LogP contribution in [0.3, 0.4) is 0 Å². The first-order chi connectivity index (χ1) is 12.5. The minimum Gasteiger partial charge on any atom is -0.496 e. The Morgan fingerprint density at radius 2 is 1.77 bits per heavy atom. The first-order valence-corrected chi connectivity index (χ1v) is 8.86. The van der Waals surface area contributed by atoms with Crippen molar-refractivity contribution in [1.29, 1.82) is 0 Å². The van der Waals surface area contributed by atoms with Gasteiger partial charge in [0.15, 0.2) is 0 Å². The van der Waals surface area contributed by atoms with Gasteiger partial charge in [0.25, 0.3) is 5.91 Å². The lowest BCUT2D eigenvalue weighted by Crippen LogP contribution is -2.32. The molecule has 1 atom stereocenters. The van der Waals surface area contributed by atoms with E-state index in [0.29, 0.717) is 24.1 Å². The van der Waals surface area contributed by atoms with Gasteiger partial charge in [-0.1, -0.05) is 37.3 Å². The highest BCUT2D eigenvalue weighted by Gasteiger charge is 2.15. The molecule has 0 radical (unpaired) electrons. The molecule has 2 N–H and O–H groups in total. The van der Waals surface area contributed by atoms with Crippen molar-refractivity contribution in [1.82, 2.24) is 5.32 Å². The zero-order valence-corrected chi connectivity index (χ0v) is 15.5. The Morgan fingerprint density at radius 1 is 1.08 bits per heavy atom. The van der Waals surface area contributed by atoms with Crippen LogP contribution in [-0.2, 0) is 11.2 Å². The fourth-order valence-electron chi connectivity index (χ4n) is 2.56. The molecule has 0 bridgehead atoms. The molecule has 0 aliphatic rings. The summed E-state index contributed by atoms with van der Waals surface area (Å²) in [5.41, 5.74) is 1.98. The number of nitrogens with one attached hydrogen (secondary N) is 2. The van der Waals surface area contributed by atoms with Gasteiger partial charge in [0.2, 0.25) is 5.91 Å². The Bertz CT molecular complexity index is 758. The van der Waals surface area contributed by atoms with Gasteiger partial charge in [0.05, 0.1) is 18.4 Å². The van der Waals surface area contributed by atoms with Gasteiger partial charge >= 0.3 is 0 Å². The van der Waals surface area contributed by atoms with E-state index in [0.717, 1.165) is 17.7 Å². The number of hydrogen-bond donors (Lipinski definition) is 2. The van der Waals surface area contributed by atoms with Crippen LogP contribution in [0.2, 0.25) is 0 Å². The fraction of sp³-hybridized carbons (Fsp3) is 0.333. The fourth-order valence-corrected chi connectivity index (χ4v) is 2.56. The molecule has 0 spiro atoms. The summed E-state index contributed by atoms with van der Waals surface area (Å²) in [7, 11) is 1.62. The smallest absolute Gasteiger partial charge is 0.253 e. The van der Waals surface area contributed by atoms with Crippen molar-refractivity contribution in [3.05, 3.63) is 59.7 Å². The largest absolute Gasteiger partial charge is 0.496 e. The van der Waals surface area contributed by atoms with E-state index in [-0.39, 0.29) is 17.9 Å². The maximum absolute atomic E-state index is 12.4. The second kappa shape index (κ2) is 9.61. The first-order valence-electron chi connectivity index (χ1n) is 8.86. The first kappa shape index (κ1) is 19.5. The quantitative estimate of drug-likeness (QED) is 0.758. The van der Waals surface area contributed by atoms with Gasteiger partial charge in [-0.15, -0.1) is 0 Å². The highest BCUT2D eigenvalue weighted by Crippen LogP contribution is 2.20. The van der Waals surface area contributed by atoms with Gasteiger partial charge in [-0.2, -0.15) is 0 Å². The highest BCUT2D eigenvalue weighted by molar-refractivity contribution is 6.03. The van der Waals surface area contributed by atoms with Crippen LogP contribution >= 0.6 is 0 Å². The molecule has 0 heterocycles. The van der Waals surface area contributed by atoms with Crippen molar-refractivity contribution >= 4 is 17.5 Å². The number of ether oxygens (including phenoxy) is 1. The molecule has 0 saturated carbocycles. The normalized spacial score (nSPS) is 11.5. The van der Waals surface area contributed by atoms with Crippen molar-refractivity contribution in [3.63, 3.8) is 0 Å². The van der Waals surface area contributed by atoms with E-state index in [9.17, 15) is 9.59 Å². The van der Waals surface area contributed by atoms with Crippen LogP contribution in [-0.4, -0.2) is 25.0 Å². The molecule has 0 aliphatic carbocycles. The third-order valence-corrected chi connectivity index (χ3v) is 4.25. The lowest BCUT2D eigenvalue weighted by atomic mass is 10.1. The molecule has 0 saturated heterocycles. The summed E-state index contributed by atoms with van der Waals surface area (Å²) in [6, 6.07) is 14.8. The monoisotopic (exact) mass is 354 g/mol. The summed E-state index contributed by atoms with van der Waals surface area (Å²) in [6.07, 6.45) is 1.72. The molecule has 2 aromatic carbocycles. The van der Waals surface area contributed by atoms with Gasteiger partial charge in [-0.3, -0.25) is 9.59 Å². The topological polar surface area (TPSA) is 67.4 Å². The van der Waals surface area contributed by atoms with Crippen molar-refractivity contribution in [2.45, 2.75) is 39.2 Å². The lowest BCUT2D eigenvalue weighted by Gasteiger charge is -2.15. The van der Waals surface area contributed by atoms with E-state index < -0.39 is 0 Å². The number of carbonyl (C=O) groups excluding carboxylic acids is 2. The Labute approximate surface area is 154 Å². The maximum atomic E-state index is 12.4. The summed E-state index contributed by atoms with van der Waals surface area (Å²) in [4.78, 5) is 24.8. The average molecular weight is 354 g/mol. The number of methoxy groups -OCH3 is 1. The van der Waals surface area contributed by atoms with E-state index in [1.54, 1.807) is 31.4 Å². The van der Waals surface area contributed by atoms with E-state index in [2.05, 4.69) is 10.6 Å². The molecule has 2 aromatic rings. The maximum Gasteiger partial charge on any atom is 0.253 e. The van der Waals surface area contributed by atoms with E-state index in [4.69, 9.17) is 4.74 Å². The molecule has 0 aliphatic heterocycles. The van der Waals surface area contributed by atoms with Crippen LogP contribution < -0.4 is 15.4 Å². The SMILES string of the molecule is CCC(C)NC(=O)c1ccccc1NC(=O)CCc1ccccc1OC. The van der Waals surface area contributed by atoms with Crippen LogP contribution in [0.4, 0.5) is 5.69 Å². The molecule has 2 rings (SSSR count). The van der Waals surface area contributed by atoms with E-state index >= 15 is 0 Å². The number of benzene rings is 2. The Kier molecular flexibility index (Phi) is 7.21. The Balaban J connectivity index is 2.02. The predicted octanol–water partition coefficient (Wildman–Crippen LogP) is 3.79. The molecule has 1 unspecified atom stereocenters. The number of amides is 2. The number of anilines is 1. The second-order valence-corrected chi connectivity index (χ2v) is 6.19. The van der Waals surface area contributed by atoms with Gasteiger partial charge in [-0.25, -0.2) is 0 Å². The zero-order chi connectivity index (χ0) is 18.9. The number of para-hydroxylation sites is 2. The van der Waals surface area contributed by atoms with Crippen LogP contribution in [0.15, 0.2) is 48.5 Å². The van der Waals surface area contributed by atoms with Crippen molar-refractivity contribution < 1.29 is 14.3 Å². The second-order valence-electron chi connectivity index (χ2n) is 6.19. The minimum absolute atomic E-state index is 0.0804. The minimum atomic E-state index is -0.181. The number of aryl methyl sites for hydroxylation is 1. The van der Waals surface area contributed by atoms with Gasteiger partial charge in [-0.05, 0) is 43.5 Å². The highest BCUT2D eigenvalue weighted by atomic mass is 16.5. The standard InChI is InChI=1S/C21H26N2O3/c1-4-15(2)22-21(25)17-10-6-7-11-18(17)23-20(24)14-13-16-9-5-8-12-19(16)26-3/h5-12,15H,4,13-14H2,1-3H3,(H,22,25)(H,23,24). The molecule has 0 aromatic heterocycles. The summed E-state index contributed by atoms with van der Waals surface area (Å²) in [6.45, 7) is 3.96. The van der Waals surface area contributed by atoms with Gasteiger partial charge in [0, 0.05) is 12.5 Å². The Morgan fingerprint density at radius 3 is 2.50 bits per heavy atom. The van der Waals surface area contributed by atoms with Crippen LogP contribution in [0, 0.1) is 0 Å². The molecule has 5 heteroatoms. The molecular weight excluding hydrogens is 328 g/mol. The van der Waals surface area contributed by atoms with Crippen LogP contribution in [0.1, 0.15) is 42.6 Å². The Hall–Kier alpha value is -2.82. The van der Waals surface area contributed by atoms with Gasteiger partial charge in [0.1, 0.15) is 5.75 Å². The average Bonchev–Trinajstić information content (AvgIpc) is 2.66. The van der Waals surface area contributed by atoms with Gasteiger partial charge < -0.3 is 15.4 Å². The van der Waals surface area contributed by atoms with Crippen molar-refractivity contribution in [2.75, 3.05) is 12.4 Å². The summed E-state index contributed by atoms with van der Waals surface area (Å²) < 4.78 is 5.31. The summed E-state index contributed by atoms with van der Waals surface area (Å²) in [5.74, 6) is 0.452. The predicted molar refractivity (Wildman–Crippen MR) is 104 cm³/mol. The van der Waals surface area contributed by atoms with Crippen molar-refractivity contribution in [3.8, 4) is 5.75 Å². The summed E-state index contributed by atoms with van der Waals surface area (Å²) in [5, 5.41) is 5.78. The van der Waals surface area contributed by atoms with E-state index in [1.165, 1.54) is 0 Å². The molecule has 26 heavy (non-hydrogen) atoms. The van der Waals surface area contributed by atoms with E-state index in [1.807, 2.05) is 38.1 Å². The van der Waals surface area contributed by atoms with Crippen LogP contribution in [0.5, 0.6) is 5.75 Å². The third kappa shape index (κ3) is 5.34. The number of carbonyl (C=O) groups is 2.